The van der Waals surface area contributed by atoms with E-state index in [1.54, 1.807) is 36.1 Å². The molecule has 5 rings (SSSR count). The molecule has 4 aromatic heterocycles. The fourth-order valence-corrected chi connectivity index (χ4v) is 4.92. The zero-order valence-electron chi connectivity index (χ0n) is 17.5. The van der Waals surface area contributed by atoms with E-state index in [2.05, 4.69) is 35.9 Å². The van der Waals surface area contributed by atoms with Gasteiger partial charge in [0.15, 0.2) is 0 Å². The van der Waals surface area contributed by atoms with Crippen LogP contribution in [0.4, 0.5) is 16.6 Å². The van der Waals surface area contributed by atoms with Crippen molar-refractivity contribution >= 4 is 56.2 Å². The molecule has 1 aliphatic rings. The molecule has 0 aliphatic heterocycles. The van der Waals surface area contributed by atoms with Gasteiger partial charge in [0.05, 0.1) is 33.5 Å². The Morgan fingerprint density at radius 1 is 1.06 bits per heavy atom. The molecule has 2 atom stereocenters. The summed E-state index contributed by atoms with van der Waals surface area (Å²) in [5.41, 5.74) is 1.71. The number of pyridine rings is 2. The van der Waals surface area contributed by atoms with Gasteiger partial charge in [-0.3, -0.25) is 9.78 Å². The first-order chi connectivity index (χ1) is 16.1. The van der Waals surface area contributed by atoms with Crippen LogP contribution in [0, 0.1) is 0 Å². The molecule has 0 aromatic carbocycles. The summed E-state index contributed by atoms with van der Waals surface area (Å²) in [4.78, 5) is 41.6. The van der Waals surface area contributed by atoms with E-state index in [4.69, 9.17) is 5.11 Å². The first kappa shape index (κ1) is 21.0. The van der Waals surface area contributed by atoms with Crippen LogP contribution in [0.25, 0.3) is 21.1 Å². The van der Waals surface area contributed by atoms with Gasteiger partial charge in [0, 0.05) is 29.2 Å². The van der Waals surface area contributed by atoms with E-state index in [-0.39, 0.29) is 18.0 Å². The van der Waals surface area contributed by atoms with Gasteiger partial charge in [-0.05, 0) is 31.0 Å². The molecule has 10 nitrogen and oxygen atoms in total. The second-order valence-electron chi connectivity index (χ2n) is 7.87. The third-order valence-electron chi connectivity index (χ3n) is 5.68. The average Bonchev–Trinajstić information content (AvgIpc) is 3.23. The van der Waals surface area contributed by atoms with Crippen LogP contribution >= 0.6 is 11.3 Å². The highest BCUT2D eigenvalue weighted by Gasteiger charge is 2.27. The molecule has 1 saturated carbocycles. The van der Waals surface area contributed by atoms with Gasteiger partial charge in [0.2, 0.25) is 5.95 Å². The molecule has 168 valence electrons. The van der Waals surface area contributed by atoms with E-state index >= 15 is 0 Å². The Morgan fingerprint density at radius 2 is 1.91 bits per heavy atom. The fourth-order valence-electron chi connectivity index (χ4n) is 4.08. The van der Waals surface area contributed by atoms with Crippen molar-refractivity contribution < 1.29 is 14.7 Å². The lowest BCUT2D eigenvalue weighted by molar-refractivity contribution is 0.102. The number of anilines is 2. The highest BCUT2D eigenvalue weighted by Crippen LogP contribution is 2.27. The third kappa shape index (κ3) is 4.53. The van der Waals surface area contributed by atoms with Crippen LogP contribution in [-0.2, 0) is 0 Å². The van der Waals surface area contributed by atoms with E-state index in [0.29, 0.717) is 22.8 Å². The molecule has 11 heteroatoms. The number of hydrogen-bond donors (Lipinski definition) is 4. The number of carbonyl (C=O) groups excluding carboxylic acids is 1. The lowest BCUT2D eigenvalue weighted by Gasteiger charge is -2.31. The van der Waals surface area contributed by atoms with Crippen molar-refractivity contribution in [1.82, 2.24) is 25.3 Å². The van der Waals surface area contributed by atoms with Crippen molar-refractivity contribution in [3.8, 4) is 0 Å². The Kier molecular flexibility index (Phi) is 5.69. The fraction of sp³-hybridized carbons (Fsp3) is 0.273. The van der Waals surface area contributed by atoms with Crippen molar-refractivity contribution in [2.75, 3.05) is 10.6 Å². The minimum Gasteiger partial charge on any atom is -0.465 e. The molecule has 4 N–H and O–H groups in total. The van der Waals surface area contributed by atoms with E-state index in [1.165, 1.54) is 11.3 Å². The highest BCUT2D eigenvalue weighted by molar-refractivity contribution is 7.17. The number of fused-ring (bicyclic) bond motifs is 2. The van der Waals surface area contributed by atoms with E-state index in [0.717, 1.165) is 41.3 Å². The lowest BCUT2D eigenvalue weighted by Crippen LogP contribution is -2.48. The number of nitrogens with one attached hydrogen (secondary N) is 3. The van der Waals surface area contributed by atoms with Crippen LogP contribution in [-0.4, -0.2) is 49.1 Å². The van der Waals surface area contributed by atoms with Gasteiger partial charge in [0.1, 0.15) is 5.82 Å². The molecule has 33 heavy (non-hydrogen) atoms. The summed E-state index contributed by atoms with van der Waals surface area (Å²) >= 11 is 1.39. The number of amides is 2. The Hall–Kier alpha value is -3.86. The van der Waals surface area contributed by atoms with Crippen molar-refractivity contribution in [1.29, 1.82) is 0 Å². The summed E-state index contributed by atoms with van der Waals surface area (Å²) in [5.74, 6) is 0.500. The van der Waals surface area contributed by atoms with Crippen LogP contribution in [0.2, 0.25) is 0 Å². The molecule has 0 saturated heterocycles. The summed E-state index contributed by atoms with van der Waals surface area (Å²) < 4.78 is 0.784. The summed E-state index contributed by atoms with van der Waals surface area (Å²) in [6.45, 7) is 0. The summed E-state index contributed by atoms with van der Waals surface area (Å²) in [7, 11) is 0. The highest BCUT2D eigenvalue weighted by atomic mass is 32.1. The Balaban J connectivity index is 1.37. The standard InChI is InChI=1S/C22H21N7O3S/c30-20(28-18-6-5-12-9-23-8-7-14(12)25-18)13-11-33-17-10-24-21(29-19(13)17)26-15-3-1-2-4-16(15)27-22(31)32/h5-11,15-16,27H,1-4H2,(H,31,32)(H,24,26,29)(H,25,28,30)/t15-,16+/m1/s1. The maximum absolute atomic E-state index is 13.0. The smallest absolute Gasteiger partial charge is 0.404 e. The Bertz CT molecular complexity index is 1340. The third-order valence-corrected chi connectivity index (χ3v) is 6.59. The SMILES string of the molecule is O=C(O)N[C@H]1CCCC[C@H]1Nc1ncc2scc(C(=O)Nc3ccc4cnccc4n3)c2n1. The number of carbonyl (C=O) groups is 2. The normalized spacial score (nSPS) is 18.2. The molecule has 2 amide bonds. The van der Waals surface area contributed by atoms with Crippen molar-refractivity contribution in [3.63, 3.8) is 0 Å². The van der Waals surface area contributed by atoms with Crippen LogP contribution in [0.15, 0.2) is 42.2 Å². The molecule has 1 aliphatic carbocycles. The second-order valence-corrected chi connectivity index (χ2v) is 8.78. The number of hydrogen-bond acceptors (Lipinski definition) is 8. The van der Waals surface area contributed by atoms with Gasteiger partial charge in [-0.25, -0.2) is 19.7 Å². The first-order valence-electron chi connectivity index (χ1n) is 10.6. The molecule has 0 spiro atoms. The maximum Gasteiger partial charge on any atom is 0.404 e. The van der Waals surface area contributed by atoms with Crippen molar-refractivity contribution in [3.05, 3.63) is 47.7 Å². The van der Waals surface area contributed by atoms with Crippen LogP contribution < -0.4 is 16.0 Å². The number of nitrogens with zero attached hydrogens (tertiary/aromatic N) is 4. The monoisotopic (exact) mass is 463 g/mol. The minimum absolute atomic E-state index is 0.112. The molecule has 4 heterocycles. The maximum atomic E-state index is 13.0. The van der Waals surface area contributed by atoms with E-state index in [1.807, 2.05) is 6.07 Å². The largest absolute Gasteiger partial charge is 0.465 e. The number of thiophene rings is 1. The van der Waals surface area contributed by atoms with E-state index in [9.17, 15) is 9.59 Å². The van der Waals surface area contributed by atoms with Gasteiger partial charge >= 0.3 is 6.09 Å². The molecule has 0 radical (unpaired) electrons. The average molecular weight is 464 g/mol. The quantitative estimate of drug-likeness (QED) is 0.349. The van der Waals surface area contributed by atoms with Crippen LogP contribution in [0.3, 0.4) is 0 Å². The van der Waals surface area contributed by atoms with Gasteiger partial charge in [0.25, 0.3) is 5.91 Å². The predicted molar refractivity (Wildman–Crippen MR) is 126 cm³/mol. The number of carboxylic acid groups (broad SMARTS) is 1. The van der Waals surface area contributed by atoms with Gasteiger partial charge in [-0.2, -0.15) is 0 Å². The Morgan fingerprint density at radius 3 is 2.76 bits per heavy atom. The van der Waals surface area contributed by atoms with Gasteiger partial charge < -0.3 is 21.1 Å². The lowest BCUT2D eigenvalue weighted by atomic mass is 9.90. The summed E-state index contributed by atoms with van der Waals surface area (Å²) in [6.07, 6.45) is 7.54. The van der Waals surface area contributed by atoms with Gasteiger partial charge in [-0.1, -0.05) is 12.8 Å². The first-order valence-corrected chi connectivity index (χ1v) is 11.5. The van der Waals surface area contributed by atoms with Crippen molar-refractivity contribution in [2.24, 2.45) is 0 Å². The number of aromatic nitrogens is 4. The molecular formula is C22H21N7O3S. The Labute approximate surface area is 192 Å². The second kappa shape index (κ2) is 8.94. The topological polar surface area (TPSA) is 142 Å². The minimum atomic E-state index is -1.04. The van der Waals surface area contributed by atoms with E-state index < -0.39 is 6.09 Å². The molecule has 0 bridgehead atoms. The summed E-state index contributed by atoms with van der Waals surface area (Å²) in [6, 6.07) is 5.05. The molecule has 1 fully saturated rings. The molecule has 0 unspecified atom stereocenters. The van der Waals surface area contributed by atoms with Crippen LogP contribution in [0.5, 0.6) is 0 Å². The molecule has 4 aromatic rings. The van der Waals surface area contributed by atoms with Gasteiger partial charge in [-0.15, -0.1) is 11.3 Å². The molecular weight excluding hydrogens is 442 g/mol. The van der Waals surface area contributed by atoms with Crippen molar-refractivity contribution in [2.45, 2.75) is 37.8 Å². The zero-order chi connectivity index (χ0) is 22.8. The zero-order valence-corrected chi connectivity index (χ0v) is 18.3. The summed E-state index contributed by atoms with van der Waals surface area (Å²) in [5, 5.41) is 20.4. The van der Waals surface area contributed by atoms with Crippen LogP contribution in [0.1, 0.15) is 36.0 Å². The number of rotatable bonds is 5. The predicted octanol–water partition coefficient (Wildman–Crippen LogP) is 3.88.